The van der Waals surface area contributed by atoms with Gasteiger partial charge in [0.05, 0.1) is 0 Å². The number of phenols is 2. The van der Waals surface area contributed by atoms with E-state index in [2.05, 4.69) is 5.32 Å². The second kappa shape index (κ2) is 5.44. The molecule has 0 atom stereocenters. The molecule has 0 aliphatic rings. The number of aryl methyl sites for hydroxylation is 1. The quantitative estimate of drug-likeness (QED) is 0.511. The number of anilines is 1. The van der Waals surface area contributed by atoms with Gasteiger partial charge in [-0.15, -0.1) is 0 Å². The Bertz CT molecular complexity index is 882. The lowest BCUT2D eigenvalue weighted by atomic mass is 10.1. The van der Waals surface area contributed by atoms with Crippen LogP contribution in [0.3, 0.4) is 0 Å². The Morgan fingerprint density at radius 3 is 2.45 bits per heavy atom. The molecule has 5 heteroatoms. The van der Waals surface area contributed by atoms with Crippen LogP contribution in [0, 0.1) is 6.92 Å². The van der Waals surface area contributed by atoms with Crippen LogP contribution in [0.2, 0.25) is 0 Å². The SMILES string of the molecule is Cc1ccc(NCc2cc(=O)oc3cc(O)c(O)cc23)cc1. The van der Waals surface area contributed by atoms with Crippen molar-refractivity contribution in [1.29, 1.82) is 0 Å². The third-order valence-electron chi connectivity index (χ3n) is 3.46. The van der Waals surface area contributed by atoms with Gasteiger partial charge < -0.3 is 19.9 Å². The summed E-state index contributed by atoms with van der Waals surface area (Å²) in [6.07, 6.45) is 0. The summed E-state index contributed by atoms with van der Waals surface area (Å²) in [5.74, 6) is -0.572. The van der Waals surface area contributed by atoms with Crippen molar-refractivity contribution in [3.8, 4) is 11.5 Å². The molecule has 1 aromatic heterocycles. The average molecular weight is 297 g/mol. The van der Waals surface area contributed by atoms with E-state index in [4.69, 9.17) is 4.42 Å². The highest BCUT2D eigenvalue weighted by Gasteiger charge is 2.10. The zero-order valence-electron chi connectivity index (χ0n) is 12.0. The highest BCUT2D eigenvalue weighted by molar-refractivity contribution is 5.84. The number of benzene rings is 2. The maximum absolute atomic E-state index is 11.6. The minimum Gasteiger partial charge on any atom is -0.504 e. The molecule has 0 amide bonds. The maximum Gasteiger partial charge on any atom is 0.336 e. The Morgan fingerprint density at radius 2 is 1.73 bits per heavy atom. The standard InChI is InChI=1S/C17H15NO4/c1-10-2-4-12(5-3-10)18-9-11-6-17(21)22-16-8-15(20)14(19)7-13(11)16/h2-8,18-20H,9H2,1H3. The number of phenolic OH excluding ortho intramolecular Hbond substituents is 2. The second-order valence-electron chi connectivity index (χ2n) is 5.15. The molecule has 1 heterocycles. The zero-order chi connectivity index (χ0) is 15.7. The summed E-state index contributed by atoms with van der Waals surface area (Å²) in [5, 5.41) is 22.9. The molecule has 0 saturated heterocycles. The lowest BCUT2D eigenvalue weighted by Gasteiger charge is -2.09. The van der Waals surface area contributed by atoms with Crippen molar-refractivity contribution in [2.75, 3.05) is 5.32 Å². The van der Waals surface area contributed by atoms with E-state index in [-0.39, 0.29) is 17.1 Å². The predicted molar refractivity (Wildman–Crippen MR) is 84.3 cm³/mol. The van der Waals surface area contributed by atoms with Crippen LogP contribution in [0.1, 0.15) is 11.1 Å². The highest BCUT2D eigenvalue weighted by atomic mass is 16.4. The van der Waals surface area contributed by atoms with Gasteiger partial charge >= 0.3 is 5.63 Å². The molecule has 112 valence electrons. The largest absolute Gasteiger partial charge is 0.504 e. The first-order valence-electron chi connectivity index (χ1n) is 6.82. The van der Waals surface area contributed by atoms with Gasteiger partial charge in [0.25, 0.3) is 0 Å². The highest BCUT2D eigenvalue weighted by Crippen LogP contribution is 2.31. The summed E-state index contributed by atoms with van der Waals surface area (Å²) in [6, 6.07) is 11.9. The Morgan fingerprint density at radius 1 is 1.05 bits per heavy atom. The number of rotatable bonds is 3. The molecule has 0 saturated carbocycles. The Balaban J connectivity index is 1.97. The molecule has 0 spiro atoms. The van der Waals surface area contributed by atoms with Crippen molar-refractivity contribution in [1.82, 2.24) is 0 Å². The van der Waals surface area contributed by atoms with E-state index < -0.39 is 5.63 Å². The first-order chi connectivity index (χ1) is 10.5. The zero-order valence-corrected chi connectivity index (χ0v) is 12.0. The molecule has 22 heavy (non-hydrogen) atoms. The number of hydrogen-bond acceptors (Lipinski definition) is 5. The van der Waals surface area contributed by atoms with Gasteiger partial charge in [-0.05, 0) is 30.7 Å². The van der Waals surface area contributed by atoms with E-state index >= 15 is 0 Å². The van der Waals surface area contributed by atoms with E-state index in [9.17, 15) is 15.0 Å². The molecular weight excluding hydrogens is 282 g/mol. The first-order valence-corrected chi connectivity index (χ1v) is 6.82. The number of hydrogen-bond donors (Lipinski definition) is 3. The van der Waals surface area contributed by atoms with Gasteiger partial charge in [-0.25, -0.2) is 4.79 Å². The minimum absolute atomic E-state index is 0.239. The Hall–Kier alpha value is -2.95. The van der Waals surface area contributed by atoms with Gasteiger partial charge in [0.2, 0.25) is 0 Å². The summed E-state index contributed by atoms with van der Waals surface area (Å²) in [6.45, 7) is 2.41. The van der Waals surface area contributed by atoms with Gasteiger partial charge in [0.15, 0.2) is 11.5 Å². The van der Waals surface area contributed by atoms with Crippen molar-refractivity contribution in [2.24, 2.45) is 0 Å². The van der Waals surface area contributed by atoms with Crippen molar-refractivity contribution < 1.29 is 14.6 Å². The van der Waals surface area contributed by atoms with Crippen molar-refractivity contribution >= 4 is 16.7 Å². The monoisotopic (exact) mass is 297 g/mol. The van der Waals surface area contributed by atoms with Crippen LogP contribution < -0.4 is 10.9 Å². The van der Waals surface area contributed by atoms with Crippen LogP contribution in [0.4, 0.5) is 5.69 Å². The molecule has 3 N–H and O–H groups in total. The first kappa shape index (κ1) is 14.0. The lowest BCUT2D eigenvalue weighted by Crippen LogP contribution is -2.05. The number of nitrogens with one attached hydrogen (secondary N) is 1. The van der Waals surface area contributed by atoms with Crippen LogP contribution in [0.15, 0.2) is 51.7 Å². The van der Waals surface area contributed by atoms with Crippen LogP contribution in [0.25, 0.3) is 11.0 Å². The van der Waals surface area contributed by atoms with Crippen molar-refractivity contribution in [3.05, 3.63) is 64.0 Å². The smallest absolute Gasteiger partial charge is 0.336 e. The Kier molecular flexibility index (Phi) is 3.47. The average Bonchev–Trinajstić information content (AvgIpc) is 2.48. The fraction of sp³-hybridized carbons (Fsp3) is 0.118. The van der Waals surface area contributed by atoms with E-state index in [1.807, 2.05) is 31.2 Å². The van der Waals surface area contributed by atoms with Crippen LogP contribution in [0.5, 0.6) is 11.5 Å². The van der Waals surface area contributed by atoms with Crippen molar-refractivity contribution in [3.63, 3.8) is 0 Å². The molecule has 0 aliphatic heterocycles. The van der Waals surface area contributed by atoms with Crippen LogP contribution >= 0.6 is 0 Å². The van der Waals surface area contributed by atoms with E-state index in [0.29, 0.717) is 17.5 Å². The fourth-order valence-corrected chi connectivity index (χ4v) is 2.27. The van der Waals surface area contributed by atoms with Gasteiger partial charge in [-0.3, -0.25) is 0 Å². The van der Waals surface area contributed by atoms with Gasteiger partial charge in [-0.1, -0.05) is 17.7 Å². The molecule has 0 aliphatic carbocycles. The summed E-state index contributed by atoms with van der Waals surface area (Å²) in [4.78, 5) is 11.6. The third kappa shape index (κ3) is 2.74. The topological polar surface area (TPSA) is 82.7 Å². The summed E-state index contributed by atoms with van der Waals surface area (Å²) < 4.78 is 5.05. The van der Waals surface area contributed by atoms with Crippen LogP contribution in [-0.4, -0.2) is 10.2 Å². The molecule has 0 bridgehead atoms. The molecule has 3 aromatic rings. The molecule has 3 rings (SSSR count). The lowest BCUT2D eigenvalue weighted by molar-refractivity contribution is 0.403. The van der Waals surface area contributed by atoms with Crippen LogP contribution in [-0.2, 0) is 6.54 Å². The van der Waals surface area contributed by atoms with Crippen molar-refractivity contribution in [2.45, 2.75) is 13.5 Å². The van der Waals surface area contributed by atoms with Gasteiger partial charge in [0.1, 0.15) is 5.58 Å². The summed E-state index contributed by atoms with van der Waals surface area (Å²) in [5.41, 5.74) is 2.51. The van der Waals surface area contributed by atoms with E-state index in [1.165, 1.54) is 18.2 Å². The summed E-state index contributed by atoms with van der Waals surface area (Å²) >= 11 is 0. The molecule has 2 aromatic carbocycles. The molecule has 0 unspecified atom stereocenters. The molecule has 0 fully saturated rings. The molecule has 0 radical (unpaired) electrons. The van der Waals surface area contributed by atoms with E-state index in [0.717, 1.165) is 11.3 Å². The summed E-state index contributed by atoms with van der Waals surface area (Å²) in [7, 11) is 0. The third-order valence-corrected chi connectivity index (χ3v) is 3.46. The van der Waals surface area contributed by atoms with Gasteiger partial charge in [0, 0.05) is 29.8 Å². The maximum atomic E-state index is 11.6. The molecular formula is C17H15NO4. The van der Waals surface area contributed by atoms with E-state index in [1.54, 1.807) is 0 Å². The minimum atomic E-state index is -0.502. The number of aromatic hydroxyl groups is 2. The molecule has 5 nitrogen and oxygen atoms in total. The fourth-order valence-electron chi connectivity index (χ4n) is 2.27. The normalized spacial score (nSPS) is 10.8. The number of fused-ring (bicyclic) bond motifs is 1. The predicted octanol–water partition coefficient (Wildman–Crippen LogP) is 3.12. The second-order valence-corrected chi connectivity index (χ2v) is 5.15. The van der Waals surface area contributed by atoms with Gasteiger partial charge in [-0.2, -0.15) is 0 Å². The Labute approximate surface area is 126 Å².